The van der Waals surface area contributed by atoms with Gasteiger partial charge in [-0.2, -0.15) is 13.2 Å². The van der Waals surface area contributed by atoms with Crippen LogP contribution in [0.15, 0.2) is 0 Å². The molecule has 0 spiro atoms. The molecule has 0 aromatic heterocycles. The summed E-state index contributed by atoms with van der Waals surface area (Å²) in [6, 6.07) is 0. The number of rotatable bonds is 3. The van der Waals surface area contributed by atoms with Crippen molar-refractivity contribution in [2.45, 2.75) is 19.5 Å². The second-order valence-electron chi connectivity index (χ2n) is 3.34. The molecular weight excluding hydrogens is 183 g/mol. The van der Waals surface area contributed by atoms with Gasteiger partial charge in [0.15, 0.2) is 0 Å². The zero-order valence-electron chi connectivity index (χ0n) is 7.58. The molecule has 0 radical (unpaired) electrons. The molecule has 1 aliphatic rings. The summed E-state index contributed by atoms with van der Waals surface area (Å²) in [7, 11) is 0. The van der Waals surface area contributed by atoms with Crippen molar-refractivity contribution in [3.63, 3.8) is 0 Å². The second-order valence-corrected chi connectivity index (χ2v) is 3.34. The van der Waals surface area contributed by atoms with E-state index in [1.165, 1.54) is 0 Å². The highest BCUT2D eigenvalue weighted by Crippen LogP contribution is 2.42. The first-order chi connectivity index (χ1) is 6.02. The Labute approximate surface area is 75.4 Å². The molecule has 0 bridgehead atoms. The van der Waals surface area contributed by atoms with E-state index in [9.17, 15) is 13.2 Å². The predicted octanol–water partition coefficient (Wildman–Crippen LogP) is 1.56. The molecule has 1 saturated heterocycles. The van der Waals surface area contributed by atoms with E-state index in [0.29, 0.717) is 13.2 Å². The first-order valence-electron chi connectivity index (χ1n) is 4.37. The molecule has 0 unspecified atom stereocenters. The molecule has 1 fully saturated rings. The van der Waals surface area contributed by atoms with Crippen molar-refractivity contribution in [3.05, 3.63) is 0 Å². The van der Waals surface area contributed by atoms with Gasteiger partial charge >= 0.3 is 6.18 Å². The highest BCUT2D eigenvalue weighted by Gasteiger charge is 2.56. The summed E-state index contributed by atoms with van der Waals surface area (Å²) in [4.78, 5) is 0. The van der Waals surface area contributed by atoms with Gasteiger partial charge < -0.3 is 10.1 Å². The average molecular weight is 197 g/mol. The summed E-state index contributed by atoms with van der Waals surface area (Å²) in [6.45, 7) is 2.22. The lowest BCUT2D eigenvalue weighted by Crippen LogP contribution is -2.43. The minimum Gasteiger partial charge on any atom is -0.381 e. The fourth-order valence-corrected chi connectivity index (χ4v) is 1.49. The fourth-order valence-electron chi connectivity index (χ4n) is 1.49. The zero-order valence-corrected chi connectivity index (χ0v) is 7.58. The predicted molar refractivity (Wildman–Crippen MR) is 42.5 cm³/mol. The van der Waals surface area contributed by atoms with Crippen LogP contribution in [0, 0.1) is 5.41 Å². The van der Waals surface area contributed by atoms with Gasteiger partial charge in [0.1, 0.15) is 5.41 Å². The largest absolute Gasteiger partial charge is 0.397 e. The van der Waals surface area contributed by atoms with E-state index in [0.717, 1.165) is 0 Å². The van der Waals surface area contributed by atoms with Crippen molar-refractivity contribution in [1.82, 2.24) is 5.32 Å². The van der Waals surface area contributed by atoms with Crippen molar-refractivity contribution in [2.24, 2.45) is 5.41 Å². The normalized spacial score (nSPS) is 29.5. The van der Waals surface area contributed by atoms with Crippen molar-refractivity contribution >= 4 is 0 Å². The molecule has 1 heterocycles. The van der Waals surface area contributed by atoms with Crippen LogP contribution in [0.4, 0.5) is 13.2 Å². The molecule has 78 valence electrons. The van der Waals surface area contributed by atoms with E-state index in [-0.39, 0.29) is 19.6 Å². The number of halogens is 3. The van der Waals surface area contributed by atoms with Crippen LogP contribution in [0.2, 0.25) is 0 Å². The van der Waals surface area contributed by atoms with Gasteiger partial charge in [0, 0.05) is 13.2 Å². The van der Waals surface area contributed by atoms with Crippen LogP contribution in [0.3, 0.4) is 0 Å². The van der Waals surface area contributed by atoms with Crippen LogP contribution in [-0.4, -0.2) is 32.5 Å². The summed E-state index contributed by atoms with van der Waals surface area (Å²) < 4.78 is 42.7. The number of ether oxygens (including phenoxy) is 1. The molecule has 1 atom stereocenters. The van der Waals surface area contributed by atoms with Crippen LogP contribution in [0.1, 0.15) is 13.3 Å². The quantitative estimate of drug-likeness (QED) is 0.741. The van der Waals surface area contributed by atoms with E-state index in [1.807, 2.05) is 0 Å². The van der Waals surface area contributed by atoms with Gasteiger partial charge in [0.25, 0.3) is 0 Å². The molecule has 1 N–H and O–H groups in total. The molecule has 1 aliphatic heterocycles. The summed E-state index contributed by atoms with van der Waals surface area (Å²) in [5.74, 6) is 0. The number of alkyl halides is 3. The third-order valence-electron chi connectivity index (χ3n) is 2.43. The van der Waals surface area contributed by atoms with Crippen LogP contribution >= 0.6 is 0 Å². The topological polar surface area (TPSA) is 21.3 Å². The molecular formula is C8H14F3NO. The van der Waals surface area contributed by atoms with Crippen LogP contribution < -0.4 is 5.32 Å². The molecule has 0 saturated carbocycles. The van der Waals surface area contributed by atoms with Crippen LogP contribution in [0.25, 0.3) is 0 Å². The van der Waals surface area contributed by atoms with Crippen molar-refractivity contribution in [2.75, 3.05) is 26.3 Å². The SMILES string of the molecule is CCOC[C@]1(C(F)(F)F)CCNC1. The van der Waals surface area contributed by atoms with Gasteiger partial charge in [-0.25, -0.2) is 0 Å². The lowest BCUT2D eigenvalue weighted by molar-refractivity contribution is -0.232. The van der Waals surface area contributed by atoms with E-state index in [2.05, 4.69) is 5.32 Å². The third kappa shape index (κ3) is 2.14. The van der Waals surface area contributed by atoms with E-state index in [1.54, 1.807) is 6.92 Å². The second kappa shape index (κ2) is 3.84. The standard InChI is InChI=1S/C8H14F3NO/c1-2-13-6-7(8(9,10)11)3-4-12-5-7/h12H,2-6H2,1H3/t7-/m0/s1. The maximum Gasteiger partial charge on any atom is 0.397 e. The van der Waals surface area contributed by atoms with Gasteiger partial charge in [0.2, 0.25) is 0 Å². The average Bonchev–Trinajstić information content (AvgIpc) is 2.48. The zero-order chi connectivity index (χ0) is 9.95. The molecule has 2 nitrogen and oxygen atoms in total. The van der Waals surface area contributed by atoms with Gasteiger partial charge in [-0.15, -0.1) is 0 Å². The fraction of sp³-hybridized carbons (Fsp3) is 1.00. The van der Waals surface area contributed by atoms with Gasteiger partial charge in [0.05, 0.1) is 6.61 Å². The highest BCUT2D eigenvalue weighted by molar-refractivity contribution is 4.93. The van der Waals surface area contributed by atoms with Gasteiger partial charge in [-0.3, -0.25) is 0 Å². The minimum atomic E-state index is -4.16. The number of nitrogens with one attached hydrogen (secondary N) is 1. The molecule has 5 heteroatoms. The monoisotopic (exact) mass is 197 g/mol. The summed E-state index contributed by atoms with van der Waals surface area (Å²) in [5.41, 5.74) is -1.65. The molecule has 0 aromatic rings. The Kier molecular flexibility index (Phi) is 3.18. The maximum atomic E-state index is 12.6. The number of hydrogen-bond acceptors (Lipinski definition) is 2. The van der Waals surface area contributed by atoms with Gasteiger partial charge in [-0.05, 0) is 19.9 Å². The molecule has 0 aliphatic carbocycles. The molecule has 0 aromatic carbocycles. The minimum absolute atomic E-state index is 0.0174. The Balaban J connectivity index is 2.64. The molecule has 1 rings (SSSR count). The Bertz CT molecular complexity index is 163. The first-order valence-corrected chi connectivity index (χ1v) is 4.37. The molecule has 13 heavy (non-hydrogen) atoms. The van der Waals surface area contributed by atoms with Crippen LogP contribution in [-0.2, 0) is 4.74 Å². The lowest BCUT2D eigenvalue weighted by atomic mass is 9.87. The third-order valence-corrected chi connectivity index (χ3v) is 2.43. The summed E-state index contributed by atoms with van der Waals surface area (Å²) in [6.07, 6.45) is -4.04. The van der Waals surface area contributed by atoms with E-state index >= 15 is 0 Å². The number of hydrogen-bond donors (Lipinski definition) is 1. The summed E-state index contributed by atoms with van der Waals surface area (Å²) in [5, 5.41) is 2.73. The van der Waals surface area contributed by atoms with Crippen LogP contribution in [0.5, 0.6) is 0 Å². The van der Waals surface area contributed by atoms with Crippen molar-refractivity contribution in [1.29, 1.82) is 0 Å². The molecule has 0 amide bonds. The Hall–Kier alpha value is -0.290. The van der Waals surface area contributed by atoms with E-state index in [4.69, 9.17) is 4.74 Å². The van der Waals surface area contributed by atoms with E-state index < -0.39 is 11.6 Å². The van der Waals surface area contributed by atoms with Gasteiger partial charge in [-0.1, -0.05) is 0 Å². The maximum absolute atomic E-state index is 12.6. The Morgan fingerprint density at radius 1 is 1.46 bits per heavy atom. The first kappa shape index (κ1) is 10.8. The Morgan fingerprint density at radius 2 is 2.15 bits per heavy atom. The van der Waals surface area contributed by atoms with Crippen molar-refractivity contribution in [3.8, 4) is 0 Å². The highest BCUT2D eigenvalue weighted by atomic mass is 19.4. The smallest absolute Gasteiger partial charge is 0.381 e. The van der Waals surface area contributed by atoms with Crippen molar-refractivity contribution < 1.29 is 17.9 Å². The lowest BCUT2D eigenvalue weighted by Gasteiger charge is -2.30. The summed E-state index contributed by atoms with van der Waals surface area (Å²) >= 11 is 0. The Morgan fingerprint density at radius 3 is 2.54 bits per heavy atom.